The van der Waals surface area contributed by atoms with Crippen LogP contribution in [0.1, 0.15) is 17.5 Å². The monoisotopic (exact) mass is 298 g/mol. The summed E-state index contributed by atoms with van der Waals surface area (Å²) >= 11 is 1.30. The first kappa shape index (κ1) is 13.8. The average molecular weight is 298 g/mol. The summed E-state index contributed by atoms with van der Waals surface area (Å²) in [5.41, 5.74) is 6.62. The fourth-order valence-electron chi connectivity index (χ4n) is 1.59. The third-order valence-electron chi connectivity index (χ3n) is 2.50. The van der Waals surface area contributed by atoms with E-state index < -0.39 is 10.0 Å². The van der Waals surface area contributed by atoms with Gasteiger partial charge < -0.3 is 5.73 Å². The summed E-state index contributed by atoms with van der Waals surface area (Å²) < 4.78 is 26.7. The van der Waals surface area contributed by atoms with Crippen molar-refractivity contribution in [3.8, 4) is 0 Å². The molecule has 19 heavy (non-hydrogen) atoms. The molecular weight excluding hydrogens is 284 g/mol. The first-order valence-corrected chi connectivity index (χ1v) is 7.93. The number of nitrogen functional groups attached to an aromatic ring is 1. The van der Waals surface area contributed by atoms with Gasteiger partial charge >= 0.3 is 0 Å². The number of rotatable bonds is 4. The van der Waals surface area contributed by atoms with Gasteiger partial charge in [0.1, 0.15) is 0 Å². The van der Waals surface area contributed by atoms with Gasteiger partial charge in [0.25, 0.3) is 10.0 Å². The highest BCUT2D eigenvalue weighted by Crippen LogP contribution is 2.25. The van der Waals surface area contributed by atoms with E-state index in [-0.39, 0.29) is 10.7 Å². The van der Waals surface area contributed by atoms with Crippen molar-refractivity contribution in [3.63, 3.8) is 0 Å². The van der Waals surface area contributed by atoms with Crippen molar-refractivity contribution in [3.05, 3.63) is 28.9 Å². The third kappa shape index (κ3) is 2.85. The van der Waals surface area contributed by atoms with E-state index >= 15 is 0 Å². The summed E-state index contributed by atoms with van der Waals surface area (Å²) in [6.07, 6.45) is 2.14. The first-order valence-electron chi connectivity index (χ1n) is 5.63. The van der Waals surface area contributed by atoms with Crippen LogP contribution in [0.25, 0.3) is 0 Å². The zero-order chi connectivity index (χ0) is 14.0. The van der Waals surface area contributed by atoms with E-state index in [9.17, 15) is 8.42 Å². The summed E-state index contributed by atoms with van der Waals surface area (Å²) in [7, 11) is -3.79. The fraction of sp³-hybridized carbons (Fsp3) is 0.273. The Morgan fingerprint density at radius 1 is 1.47 bits per heavy atom. The molecule has 0 unspecified atom stereocenters. The molecule has 0 atom stereocenters. The first-order chi connectivity index (χ1) is 8.94. The molecule has 102 valence electrons. The SMILES string of the molecule is CCc1nc(NS(=O)(=O)c2ncccc2N)sc1C. The molecule has 8 heteroatoms. The maximum Gasteiger partial charge on any atom is 0.283 e. The normalized spacial score (nSPS) is 11.5. The van der Waals surface area contributed by atoms with E-state index in [4.69, 9.17) is 5.73 Å². The van der Waals surface area contributed by atoms with E-state index in [1.807, 2.05) is 13.8 Å². The Balaban J connectivity index is 2.34. The summed E-state index contributed by atoms with van der Waals surface area (Å²) in [5, 5.41) is 0.153. The van der Waals surface area contributed by atoms with Crippen LogP contribution in [-0.2, 0) is 16.4 Å². The van der Waals surface area contributed by atoms with Gasteiger partial charge in [-0.2, -0.15) is 8.42 Å². The molecule has 0 spiro atoms. The Bertz CT molecular complexity index is 694. The number of hydrogen-bond donors (Lipinski definition) is 2. The van der Waals surface area contributed by atoms with Crippen LogP contribution in [0.15, 0.2) is 23.4 Å². The Kier molecular flexibility index (Phi) is 3.72. The van der Waals surface area contributed by atoms with E-state index in [2.05, 4.69) is 14.7 Å². The molecule has 2 aromatic heterocycles. The van der Waals surface area contributed by atoms with E-state index in [0.29, 0.717) is 5.13 Å². The minimum Gasteiger partial charge on any atom is -0.396 e. The molecule has 0 aliphatic carbocycles. The van der Waals surface area contributed by atoms with Crippen LogP contribution in [0.3, 0.4) is 0 Å². The Morgan fingerprint density at radius 2 is 2.21 bits per heavy atom. The zero-order valence-corrected chi connectivity index (χ0v) is 12.2. The summed E-state index contributed by atoms with van der Waals surface area (Å²) in [6, 6.07) is 3.07. The molecule has 3 N–H and O–H groups in total. The number of nitrogens with one attached hydrogen (secondary N) is 1. The molecule has 0 aliphatic rings. The van der Waals surface area contributed by atoms with Crippen molar-refractivity contribution >= 4 is 32.2 Å². The second kappa shape index (κ2) is 5.14. The molecule has 2 aromatic rings. The molecule has 0 amide bonds. The van der Waals surface area contributed by atoms with Crippen LogP contribution < -0.4 is 10.5 Å². The number of thiazole rings is 1. The molecule has 0 radical (unpaired) electrons. The molecule has 0 aromatic carbocycles. The maximum atomic E-state index is 12.1. The third-order valence-corrected chi connectivity index (χ3v) is 4.87. The molecule has 0 aliphatic heterocycles. The molecule has 2 heterocycles. The second-order valence-corrected chi connectivity index (χ2v) is 6.68. The molecule has 6 nitrogen and oxygen atoms in total. The number of pyridine rings is 1. The quantitative estimate of drug-likeness (QED) is 0.896. The zero-order valence-electron chi connectivity index (χ0n) is 10.5. The molecule has 0 saturated carbocycles. The Labute approximate surface area is 115 Å². The number of hydrogen-bond acceptors (Lipinski definition) is 6. The van der Waals surface area contributed by atoms with Gasteiger partial charge in [-0.05, 0) is 25.5 Å². The number of aryl methyl sites for hydroxylation is 2. The highest BCUT2D eigenvalue weighted by atomic mass is 32.2. The maximum absolute atomic E-state index is 12.1. The molecule has 0 bridgehead atoms. The standard InChI is InChI=1S/C11H14N4O2S2/c1-3-9-7(2)18-11(14-9)15-19(16,17)10-8(12)5-4-6-13-10/h4-6H,3,12H2,1-2H3,(H,14,15). The van der Waals surface area contributed by atoms with Gasteiger partial charge in [0.05, 0.1) is 11.4 Å². The summed E-state index contributed by atoms with van der Waals surface area (Å²) in [5.74, 6) is 0. The topological polar surface area (TPSA) is 98.0 Å². The molecule has 2 rings (SSSR count). The van der Waals surface area contributed by atoms with Crippen molar-refractivity contribution in [2.24, 2.45) is 0 Å². The van der Waals surface area contributed by atoms with Gasteiger partial charge in [0.15, 0.2) is 10.2 Å². The van der Waals surface area contributed by atoms with Gasteiger partial charge in [-0.1, -0.05) is 6.92 Å². The van der Waals surface area contributed by atoms with Gasteiger partial charge in [-0.25, -0.2) is 9.97 Å². The van der Waals surface area contributed by atoms with E-state index in [0.717, 1.165) is 17.0 Å². The summed E-state index contributed by atoms with van der Waals surface area (Å²) in [6.45, 7) is 3.88. The van der Waals surface area contributed by atoms with E-state index in [1.165, 1.54) is 23.6 Å². The van der Waals surface area contributed by atoms with Crippen molar-refractivity contribution in [2.45, 2.75) is 25.3 Å². The second-order valence-electron chi connectivity index (χ2n) is 3.88. The minimum absolute atomic E-state index is 0.110. The predicted octanol–water partition coefficient (Wildman–Crippen LogP) is 1.79. The lowest BCUT2D eigenvalue weighted by atomic mass is 10.3. The lowest BCUT2D eigenvalue weighted by molar-refractivity contribution is 0.598. The molecular formula is C11H14N4O2S2. The van der Waals surface area contributed by atoms with Crippen LogP contribution >= 0.6 is 11.3 Å². The van der Waals surface area contributed by atoms with E-state index in [1.54, 1.807) is 6.07 Å². The van der Waals surface area contributed by atoms with Crippen molar-refractivity contribution in [1.82, 2.24) is 9.97 Å². The number of nitrogens with two attached hydrogens (primary N) is 1. The van der Waals surface area contributed by atoms with Gasteiger partial charge in [-0.3, -0.25) is 4.72 Å². The number of nitrogens with zero attached hydrogens (tertiary/aromatic N) is 2. The minimum atomic E-state index is -3.79. The molecule has 0 saturated heterocycles. The number of sulfonamides is 1. The van der Waals surface area contributed by atoms with Gasteiger partial charge in [0, 0.05) is 11.1 Å². The highest BCUT2D eigenvalue weighted by Gasteiger charge is 2.21. The smallest absolute Gasteiger partial charge is 0.283 e. The average Bonchev–Trinajstić information content (AvgIpc) is 2.68. The van der Waals surface area contributed by atoms with Crippen molar-refractivity contribution in [2.75, 3.05) is 10.5 Å². The van der Waals surface area contributed by atoms with Crippen LogP contribution in [0, 0.1) is 6.92 Å². The molecule has 0 fully saturated rings. The van der Waals surface area contributed by atoms with Gasteiger partial charge in [0.2, 0.25) is 0 Å². The van der Waals surface area contributed by atoms with Crippen LogP contribution in [0.5, 0.6) is 0 Å². The summed E-state index contributed by atoms with van der Waals surface area (Å²) in [4.78, 5) is 9.02. The lowest BCUT2D eigenvalue weighted by Gasteiger charge is -2.06. The Morgan fingerprint density at radius 3 is 2.79 bits per heavy atom. The predicted molar refractivity (Wildman–Crippen MR) is 75.7 cm³/mol. The Hall–Kier alpha value is -1.67. The van der Waals surface area contributed by atoms with Crippen LogP contribution in [0.2, 0.25) is 0 Å². The lowest BCUT2D eigenvalue weighted by Crippen LogP contribution is -2.16. The van der Waals surface area contributed by atoms with Gasteiger partial charge in [-0.15, -0.1) is 11.3 Å². The van der Waals surface area contributed by atoms with Crippen LogP contribution in [0.4, 0.5) is 10.8 Å². The fourth-order valence-corrected chi connectivity index (χ4v) is 3.79. The number of anilines is 2. The highest BCUT2D eigenvalue weighted by molar-refractivity contribution is 7.93. The largest absolute Gasteiger partial charge is 0.396 e. The van der Waals surface area contributed by atoms with Crippen LogP contribution in [-0.4, -0.2) is 18.4 Å². The van der Waals surface area contributed by atoms with Crippen molar-refractivity contribution < 1.29 is 8.42 Å². The number of aromatic nitrogens is 2. The van der Waals surface area contributed by atoms with Crippen molar-refractivity contribution in [1.29, 1.82) is 0 Å².